The van der Waals surface area contributed by atoms with Crippen LogP contribution < -0.4 is 9.47 Å². The van der Waals surface area contributed by atoms with E-state index in [1.807, 2.05) is 24.3 Å². The van der Waals surface area contributed by atoms with Crippen molar-refractivity contribution in [3.63, 3.8) is 0 Å². The van der Waals surface area contributed by atoms with E-state index in [1.165, 1.54) is 0 Å². The molecule has 4 rings (SSSR count). The molecule has 0 saturated heterocycles. The van der Waals surface area contributed by atoms with Crippen LogP contribution in [0, 0.1) is 11.8 Å². The predicted octanol–water partition coefficient (Wildman–Crippen LogP) is 5.13. The van der Waals surface area contributed by atoms with Gasteiger partial charge in [0.15, 0.2) is 0 Å². The van der Waals surface area contributed by atoms with Crippen LogP contribution in [0.5, 0.6) is 11.5 Å². The maximum Gasteiger partial charge on any atom is 0.343 e. The second-order valence-electron chi connectivity index (χ2n) is 9.10. The van der Waals surface area contributed by atoms with Crippen molar-refractivity contribution in [2.75, 3.05) is 13.2 Å². The number of hydrogen-bond acceptors (Lipinski definition) is 6. The lowest BCUT2D eigenvalue weighted by molar-refractivity contribution is 0.0724. The van der Waals surface area contributed by atoms with Gasteiger partial charge in [-0.1, -0.05) is 60.7 Å². The van der Waals surface area contributed by atoms with Gasteiger partial charge in [0.2, 0.25) is 0 Å². The normalized spacial score (nSPS) is 12.4. The second kappa shape index (κ2) is 13.3. The molecule has 0 spiro atoms. The smallest absolute Gasteiger partial charge is 0.343 e. The van der Waals surface area contributed by atoms with E-state index in [1.54, 1.807) is 84.9 Å². The molecule has 0 aromatic heterocycles. The number of esters is 2. The molecule has 0 aliphatic carbocycles. The Bertz CT molecular complexity index is 1230. The van der Waals surface area contributed by atoms with Crippen LogP contribution in [0.2, 0.25) is 0 Å². The summed E-state index contributed by atoms with van der Waals surface area (Å²) in [6.45, 7) is -0.246. The maximum atomic E-state index is 12.4. The summed E-state index contributed by atoms with van der Waals surface area (Å²) < 4.78 is 11.0. The number of carbonyl (C=O) groups is 2. The molecule has 0 aliphatic heterocycles. The van der Waals surface area contributed by atoms with Crippen molar-refractivity contribution in [1.29, 1.82) is 0 Å². The summed E-state index contributed by atoms with van der Waals surface area (Å²) in [6.07, 6.45) is 0.974. The quantitative estimate of drug-likeness (QED) is 0.215. The molecule has 2 N–H and O–H groups in total. The molecule has 0 saturated carbocycles. The number of benzene rings is 4. The van der Waals surface area contributed by atoms with Gasteiger partial charge in [0.1, 0.15) is 11.5 Å². The Kier molecular flexibility index (Phi) is 9.40. The van der Waals surface area contributed by atoms with Crippen molar-refractivity contribution in [3.8, 4) is 11.5 Å². The Morgan fingerprint density at radius 1 is 0.553 bits per heavy atom. The van der Waals surface area contributed by atoms with Crippen molar-refractivity contribution in [2.45, 2.75) is 12.8 Å². The van der Waals surface area contributed by atoms with Gasteiger partial charge in [0.25, 0.3) is 0 Å². The molecule has 194 valence electrons. The van der Waals surface area contributed by atoms with Crippen LogP contribution >= 0.6 is 0 Å². The molecule has 0 bridgehead atoms. The largest absolute Gasteiger partial charge is 0.423 e. The molecule has 0 heterocycles. The molecule has 4 aromatic carbocycles. The highest BCUT2D eigenvalue weighted by molar-refractivity contribution is 5.91. The molecule has 6 heteroatoms. The molecule has 38 heavy (non-hydrogen) atoms. The first-order chi connectivity index (χ1) is 18.6. The summed E-state index contributed by atoms with van der Waals surface area (Å²) in [7, 11) is 0. The van der Waals surface area contributed by atoms with E-state index in [4.69, 9.17) is 9.47 Å². The van der Waals surface area contributed by atoms with E-state index in [2.05, 4.69) is 0 Å². The average Bonchev–Trinajstić information content (AvgIpc) is 2.96. The summed E-state index contributed by atoms with van der Waals surface area (Å²) in [6, 6.07) is 31.9. The molecular weight excluding hydrogens is 480 g/mol. The third-order valence-electron chi connectivity index (χ3n) is 6.37. The molecule has 4 aromatic rings. The fourth-order valence-electron chi connectivity index (χ4n) is 4.32. The minimum absolute atomic E-state index is 0.123. The topological polar surface area (TPSA) is 93.1 Å². The van der Waals surface area contributed by atoms with E-state index in [0.29, 0.717) is 35.5 Å². The zero-order chi connectivity index (χ0) is 26.7. The van der Waals surface area contributed by atoms with Gasteiger partial charge in [0, 0.05) is 13.2 Å². The van der Waals surface area contributed by atoms with Crippen molar-refractivity contribution >= 4 is 11.9 Å². The van der Waals surface area contributed by atoms with Crippen LogP contribution in [0.15, 0.2) is 109 Å². The highest BCUT2D eigenvalue weighted by atomic mass is 16.5. The monoisotopic (exact) mass is 510 g/mol. The lowest BCUT2D eigenvalue weighted by Gasteiger charge is -2.24. The zero-order valence-corrected chi connectivity index (χ0v) is 20.9. The maximum absolute atomic E-state index is 12.4. The molecule has 2 atom stereocenters. The van der Waals surface area contributed by atoms with E-state index in [0.717, 1.165) is 11.1 Å². The van der Waals surface area contributed by atoms with Gasteiger partial charge in [-0.2, -0.15) is 0 Å². The van der Waals surface area contributed by atoms with Gasteiger partial charge < -0.3 is 19.7 Å². The standard InChI is InChI=1S/C32H30O6/c33-21-27(17-23-9-7-15-29(19-23)37-31(35)25-11-3-1-4-12-25)28(22-34)18-24-10-8-16-30(20-24)38-32(36)26-13-5-2-6-14-26/h1-16,19-20,27-28,33-34H,17-18,21-22H2. The van der Waals surface area contributed by atoms with Crippen molar-refractivity contribution in [2.24, 2.45) is 11.8 Å². The van der Waals surface area contributed by atoms with Gasteiger partial charge in [0.05, 0.1) is 11.1 Å². The van der Waals surface area contributed by atoms with E-state index in [-0.39, 0.29) is 25.0 Å². The molecule has 6 nitrogen and oxygen atoms in total. The van der Waals surface area contributed by atoms with Gasteiger partial charge >= 0.3 is 11.9 Å². The third-order valence-corrected chi connectivity index (χ3v) is 6.37. The number of hydrogen-bond donors (Lipinski definition) is 2. The van der Waals surface area contributed by atoms with Crippen molar-refractivity contribution in [1.82, 2.24) is 0 Å². The van der Waals surface area contributed by atoms with E-state index < -0.39 is 11.9 Å². The number of aliphatic hydroxyl groups excluding tert-OH is 2. The summed E-state index contributed by atoms with van der Waals surface area (Å²) in [5.41, 5.74) is 2.68. The highest BCUT2D eigenvalue weighted by Crippen LogP contribution is 2.26. The van der Waals surface area contributed by atoms with Gasteiger partial charge in [-0.3, -0.25) is 0 Å². The zero-order valence-electron chi connectivity index (χ0n) is 20.9. The Balaban J connectivity index is 1.41. The highest BCUT2D eigenvalue weighted by Gasteiger charge is 2.22. The summed E-state index contributed by atoms with van der Waals surface area (Å²) in [5, 5.41) is 20.3. The molecule has 0 fully saturated rings. The van der Waals surface area contributed by atoms with Crippen molar-refractivity contribution in [3.05, 3.63) is 131 Å². The minimum atomic E-state index is -0.442. The van der Waals surface area contributed by atoms with E-state index >= 15 is 0 Å². The summed E-state index contributed by atoms with van der Waals surface area (Å²) in [5.74, 6) is -0.528. The minimum Gasteiger partial charge on any atom is -0.423 e. The van der Waals surface area contributed by atoms with Crippen LogP contribution in [-0.2, 0) is 12.8 Å². The third kappa shape index (κ3) is 7.38. The number of carbonyl (C=O) groups excluding carboxylic acids is 2. The molecule has 2 unspecified atom stereocenters. The number of rotatable bonds is 11. The Morgan fingerprint density at radius 2 is 0.947 bits per heavy atom. The van der Waals surface area contributed by atoms with Crippen LogP contribution in [0.3, 0.4) is 0 Å². The fraction of sp³-hybridized carbons (Fsp3) is 0.188. The molecule has 0 radical (unpaired) electrons. The number of ether oxygens (including phenoxy) is 2. The van der Waals surface area contributed by atoms with Crippen LogP contribution in [-0.4, -0.2) is 35.4 Å². The molecule has 0 amide bonds. The van der Waals surface area contributed by atoms with Gasteiger partial charge in [-0.15, -0.1) is 0 Å². The fourth-order valence-corrected chi connectivity index (χ4v) is 4.32. The Hall–Kier alpha value is -4.26. The number of aliphatic hydroxyl groups is 2. The molecule has 0 aliphatic rings. The Labute approximate surface area is 222 Å². The summed E-state index contributed by atoms with van der Waals surface area (Å²) >= 11 is 0. The van der Waals surface area contributed by atoms with Gasteiger partial charge in [-0.25, -0.2) is 9.59 Å². The van der Waals surface area contributed by atoms with Gasteiger partial charge in [-0.05, 0) is 84.3 Å². The first kappa shape index (κ1) is 26.8. The predicted molar refractivity (Wildman–Crippen MR) is 144 cm³/mol. The van der Waals surface area contributed by atoms with Crippen molar-refractivity contribution < 1.29 is 29.3 Å². The second-order valence-corrected chi connectivity index (χ2v) is 9.10. The molecular formula is C32H30O6. The first-order valence-electron chi connectivity index (χ1n) is 12.5. The van der Waals surface area contributed by atoms with Crippen LogP contribution in [0.25, 0.3) is 0 Å². The SMILES string of the molecule is O=C(Oc1cccc(CC(CO)C(CO)Cc2cccc(OC(=O)c3ccccc3)c2)c1)c1ccccc1. The lowest BCUT2D eigenvalue weighted by atomic mass is 9.83. The van der Waals surface area contributed by atoms with E-state index in [9.17, 15) is 19.8 Å². The van der Waals surface area contributed by atoms with Crippen LogP contribution in [0.4, 0.5) is 0 Å². The average molecular weight is 511 g/mol. The van der Waals surface area contributed by atoms with Crippen LogP contribution in [0.1, 0.15) is 31.8 Å². The first-order valence-corrected chi connectivity index (χ1v) is 12.5. The lowest BCUT2D eigenvalue weighted by Crippen LogP contribution is -2.26. The Morgan fingerprint density at radius 3 is 1.32 bits per heavy atom. The summed E-state index contributed by atoms with van der Waals surface area (Å²) in [4.78, 5) is 24.8.